The molecule has 0 aliphatic heterocycles. The van der Waals surface area contributed by atoms with Crippen molar-refractivity contribution in [3.05, 3.63) is 28.0 Å². The number of carboxylic acid groups (broad SMARTS) is 1. The average Bonchev–Trinajstić information content (AvgIpc) is 2.23. The predicted octanol–water partition coefficient (Wildman–Crippen LogP) is 2.52. The van der Waals surface area contributed by atoms with E-state index < -0.39 is 48.7 Å². The number of carbonyl (C=O) groups is 1. The van der Waals surface area contributed by atoms with Gasteiger partial charge in [0.15, 0.2) is 0 Å². The fourth-order valence-electron chi connectivity index (χ4n) is 1.48. The zero-order chi connectivity index (χ0) is 15.7. The van der Waals surface area contributed by atoms with E-state index in [4.69, 9.17) is 28.3 Å². The molecule has 0 bridgehead atoms. The number of hydrogen-bond donors (Lipinski definition) is 2. The third kappa shape index (κ3) is 3.82. The fourth-order valence-corrected chi connectivity index (χ4v) is 4.01. The molecule has 0 aliphatic rings. The normalized spacial score (nSPS) is 13.5. The molecule has 0 saturated heterocycles. The van der Waals surface area contributed by atoms with Crippen LogP contribution in [0.5, 0.6) is 0 Å². The summed E-state index contributed by atoms with van der Waals surface area (Å²) in [6, 6.07) is 0.220. The van der Waals surface area contributed by atoms with E-state index in [9.17, 15) is 17.6 Å². The maximum Gasteiger partial charge on any atom is 0.322 e. The molecular formula is C11H12Cl2FNO4S. The Bertz CT molecular complexity index is 610. The number of rotatable bonds is 5. The third-order valence-corrected chi connectivity index (χ3v) is 4.81. The second-order valence-corrected chi connectivity index (χ2v) is 6.84. The Balaban J connectivity index is 3.28. The first-order valence-electron chi connectivity index (χ1n) is 5.46. The van der Waals surface area contributed by atoms with Crippen LogP contribution in [-0.4, -0.2) is 25.5 Å². The molecule has 0 aliphatic carbocycles. The van der Waals surface area contributed by atoms with Gasteiger partial charge in [0.05, 0.1) is 10.0 Å². The number of sulfonamides is 1. The summed E-state index contributed by atoms with van der Waals surface area (Å²) < 4.78 is 39.3. The Labute approximate surface area is 125 Å². The smallest absolute Gasteiger partial charge is 0.322 e. The van der Waals surface area contributed by atoms with Crippen molar-refractivity contribution in [3.63, 3.8) is 0 Å². The summed E-state index contributed by atoms with van der Waals surface area (Å²) in [5, 5.41) is 8.14. The number of aliphatic carboxylic acids is 1. The van der Waals surface area contributed by atoms with E-state index in [2.05, 4.69) is 0 Å². The Morgan fingerprint density at radius 3 is 2.10 bits per heavy atom. The van der Waals surface area contributed by atoms with Gasteiger partial charge >= 0.3 is 5.97 Å². The van der Waals surface area contributed by atoms with Crippen LogP contribution < -0.4 is 4.72 Å². The van der Waals surface area contributed by atoms with E-state index in [1.165, 1.54) is 13.8 Å². The number of benzene rings is 1. The van der Waals surface area contributed by atoms with Gasteiger partial charge in [0, 0.05) is 0 Å². The topological polar surface area (TPSA) is 83.5 Å². The zero-order valence-corrected chi connectivity index (χ0v) is 12.9. The lowest BCUT2D eigenvalue weighted by molar-refractivity contribution is -0.140. The van der Waals surface area contributed by atoms with Crippen LogP contribution in [0, 0.1) is 11.7 Å². The second kappa shape index (κ2) is 6.26. The molecule has 0 amide bonds. The van der Waals surface area contributed by atoms with Gasteiger partial charge in [-0.25, -0.2) is 12.8 Å². The molecular weight excluding hydrogens is 332 g/mol. The van der Waals surface area contributed by atoms with E-state index in [0.29, 0.717) is 0 Å². The molecule has 1 aromatic rings. The van der Waals surface area contributed by atoms with Crippen molar-refractivity contribution in [2.24, 2.45) is 5.92 Å². The van der Waals surface area contributed by atoms with Crippen LogP contribution >= 0.6 is 23.2 Å². The quantitative estimate of drug-likeness (QED) is 0.860. The molecule has 1 aromatic carbocycles. The van der Waals surface area contributed by atoms with Gasteiger partial charge in [-0.2, -0.15) is 4.72 Å². The molecule has 0 unspecified atom stereocenters. The zero-order valence-electron chi connectivity index (χ0n) is 10.5. The molecule has 0 fully saturated rings. The molecule has 112 valence electrons. The molecule has 0 heterocycles. The minimum atomic E-state index is -4.29. The van der Waals surface area contributed by atoms with Gasteiger partial charge in [-0.1, -0.05) is 37.0 Å². The van der Waals surface area contributed by atoms with Crippen molar-refractivity contribution in [1.29, 1.82) is 0 Å². The van der Waals surface area contributed by atoms with Crippen molar-refractivity contribution in [1.82, 2.24) is 4.72 Å². The predicted molar refractivity (Wildman–Crippen MR) is 73.0 cm³/mol. The Morgan fingerprint density at radius 1 is 1.30 bits per heavy atom. The maximum absolute atomic E-state index is 13.0. The van der Waals surface area contributed by atoms with E-state index in [0.717, 1.165) is 12.1 Å². The van der Waals surface area contributed by atoms with E-state index in [1.54, 1.807) is 0 Å². The first kappa shape index (κ1) is 17.2. The van der Waals surface area contributed by atoms with Crippen LogP contribution in [0.15, 0.2) is 17.0 Å². The van der Waals surface area contributed by atoms with E-state index >= 15 is 0 Å². The van der Waals surface area contributed by atoms with Crippen molar-refractivity contribution in [2.75, 3.05) is 0 Å². The average molecular weight is 344 g/mol. The van der Waals surface area contributed by atoms with Crippen molar-refractivity contribution < 1.29 is 22.7 Å². The minimum absolute atomic E-state index is 0.421. The van der Waals surface area contributed by atoms with Gasteiger partial charge in [-0.15, -0.1) is 0 Å². The molecule has 5 nitrogen and oxygen atoms in total. The van der Waals surface area contributed by atoms with Crippen molar-refractivity contribution in [2.45, 2.75) is 24.8 Å². The molecule has 20 heavy (non-hydrogen) atoms. The molecule has 0 saturated carbocycles. The summed E-state index contributed by atoms with van der Waals surface area (Å²) >= 11 is 11.3. The molecule has 1 atom stereocenters. The van der Waals surface area contributed by atoms with Crippen LogP contribution in [0.2, 0.25) is 10.0 Å². The first-order valence-corrected chi connectivity index (χ1v) is 7.70. The molecule has 0 radical (unpaired) electrons. The Morgan fingerprint density at radius 2 is 1.75 bits per heavy atom. The number of halogens is 3. The summed E-state index contributed by atoms with van der Waals surface area (Å²) in [5.41, 5.74) is 0. The SMILES string of the molecule is CC(C)[C@@H](NS(=O)(=O)c1c(Cl)cc(F)cc1Cl)C(=O)O. The van der Waals surface area contributed by atoms with Gasteiger partial charge in [-0.05, 0) is 18.1 Å². The van der Waals surface area contributed by atoms with E-state index in [1.807, 2.05) is 4.72 Å². The largest absolute Gasteiger partial charge is 0.480 e. The van der Waals surface area contributed by atoms with Crippen molar-refractivity contribution in [3.8, 4) is 0 Å². The Kier molecular flexibility index (Phi) is 5.37. The maximum atomic E-state index is 13.0. The van der Waals surface area contributed by atoms with Crippen LogP contribution in [0.25, 0.3) is 0 Å². The minimum Gasteiger partial charge on any atom is -0.480 e. The lowest BCUT2D eigenvalue weighted by atomic mass is 10.1. The number of carboxylic acids is 1. The van der Waals surface area contributed by atoms with Crippen LogP contribution in [0.4, 0.5) is 4.39 Å². The molecule has 9 heteroatoms. The molecule has 0 aromatic heterocycles. The lowest BCUT2D eigenvalue weighted by Gasteiger charge is -2.19. The van der Waals surface area contributed by atoms with Crippen LogP contribution in [-0.2, 0) is 14.8 Å². The van der Waals surface area contributed by atoms with Crippen molar-refractivity contribution >= 4 is 39.2 Å². The van der Waals surface area contributed by atoms with E-state index in [-0.39, 0.29) is 0 Å². The molecule has 2 N–H and O–H groups in total. The highest BCUT2D eigenvalue weighted by Gasteiger charge is 2.31. The summed E-state index contributed by atoms with van der Waals surface area (Å²) in [5.74, 6) is -2.63. The molecule has 0 spiro atoms. The van der Waals surface area contributed by atoms with Gasteiger partial charge in [0.25, 0.3) is 0 Å². The number of hydrogen-bond acceptors (Lipinski definition) is 3. The van der Waals surface area contributed by atoms with Gasteiger partial charge in [0.2, 0.25) is 10.0 Å². The first-order chi connectivity index (χ1) is 9.06. The highest BCUT2D eigenvalue weighted by molar-refractivity contribution is 7.89. The van der Waals surface area contributed by atoms with Crippen LogP contribution in [0.3, 0.4) is 0 Å². The summed E-state index contributed by atoms with van der Waals surface area (Å²) in [6.45, 7) is 3.07. The van der Waals surface area contributed by atoms with Gasteiger partial charge in [0.1, 0.15) is 16.8 Å². The van der Waals surface area contributed by atoms with Gasteiger partial charge < -0.3 is 5.11 Å². The molecule has 1 rings (SSSR count). The Hall–Kier alpha value is -0.890. The lowest BCUT2D eigenvalue weighted by Crippen LogP contribution is -2.44. The summed E-state index contributed by atoms with van der Waals surface area (Å²) in [7, 11) is -4.29. The highest BCUT2D eigenvalue weighted by atomic mass is 35.5. The monoisotopic (exact) mass is 343 g/mol. The van der Waals surface area contributed by atoms with Gasteiger partial charge in [-0.3, -0.25) is 4.79 Å². The summed E-state index contributed by atoms with van der Waals surface area (Å²) in [6.07, 6.45) is 0. The third-order valence-electron chi connectivity index (χ3n) is 2.45. The highest BCUT2D eigenvalue weighted by Crippen LogP contribution is 2.30. The number of nitrogens with one attached hydrogen (secondary N) is 1. The summed E-state index contributed by atoms with van der Waals surface area (Å²) in [4.78, 5) is 10.5. The van der Waals surface area contributed by atoms with Crippen LogP contribution in [0.1, 0.15) is 13.8 Å². The second-order valence-electron chi connectivity index (χ2n) is 4.38. The standard InChI is InChI=1S/C11H12Cl2FNO4S/c1-5(2)9(11(16)17)15-20(18,19)10-7(12)3-6(14)4-8(10)13/h3-5,9,15H,1-2H3,(H,16,17)/t9-/m1/s1. The fraction of sp³-hybridized carbons (Fsp3) is 0.364.